The van der Waals surface area contributed by atoms with Gasteiger partial charge in [0.05, 0.1) is 5.56 Å². The summed E-state index contributed by atoms with van der Waals surface area (Å²) < 4.78 is 0. The minimum absolute atomic E-state index is 0.0163. The van der Waals surface area contributed by atoms with Crippen LogP contribution in [0.3, 0.4) is 0 Å². The molecule has 2 rings (SSSR count). The van der Waals surface area contributed by atoms with E-state index in [-0.39, 0.29) is 5.78 Å². The van der Waals surface area contributed by atoms with Crippen molar-refractivity contribution in [3.8, 4) is 11.1 Å². The van der Waals surface area contributed by atoms with Gasteiger partial charge in [0.25, 0.3) is 0 Å². The third kappa shape index (κ3) is 2.55. The summed E-state index contributed by atoms with van der Waals surface area (Å²) in [5.41, 5.74) is 3.45. The van der Waals surface area contributed by atoms with Crippen LogP contribution in [0.15, 0.2) is 42.5 Å². The van der Waals surface area contributed by atoms with E-state index < -0.39 is 5.97 Å². The summed E-state index contributed by atoms with van der Waals surface area (Å²) in [6.45, 7) is 3.31. The standard InChI is InChI=1S/C16H14O3/c1-10-14(4-3-5-15(10)16(18)19)13-8-6-12(7-9-13)11(2)17/h3-9H,1-2H3,(H,18,19). The molecule has 0 fully saturated rings. The highest BCUT2D eigenvalue weighted by Gasteiger charge is 2.11. The van der Waals surface area contributed by atoms with Gasteiger partial charge in [-0.1, -0.05) is 36.4 Å². The Morgan fingerprint density at radius 3 is 2.16 bits per heavy atom. The van der Waals surface area contributed by atoms with Gasteiger partial charge in [-0.15, -0.1) is 0 Å². The number of hydrogen-bond acceptors (Lipinski definition) is 2. The first-order valence-corrected chi connectivity index (χ1v) is 5.95. The second-order valence-corrected chi connectivity index (χ2v) is 4.42. The van der Waals surface area contributed by atoms with Crippen LogP contribution in [0.25, 0.3) is 11.1 Å². The summed E-state index contributed by atoms with van der Waals surface area (Å²) in [6, 6.07) is 12.4. The first-order valence-electron chi connectivity index (χ1n) is 5.95. The van der Waals surface area contributed by atoms with Gasteiger partial charge in [0.2, 0.25) is 0 Å². The zero-order chi connectivity index (χ0) is 14.0. The third-order valence-electron chi connectivity index (χ3n) is 3.17. The van der Waals surface area contributed by atoms with Crippen LogP contribution < -0.4 is 0 Å². The molecule has 2 aromatic rings. The summed E-state index contributed by atoms with van der Waals surface area (Å²) in [7, 11) is 0. The summed E-state index contributed by atoms with van der Waals surface area (Å²) >= 11 is 0. The Morgan fingerprint density at radius 1 is 1.00 bits per heavy atom. The Balaban J connectivity index is 2.50. The molecule has 96 valence electrons. The average Bonchev–Trinajstić information content (AvgIpc) is 2.38. The molecule has 3 heteroatoms. The van der Waals surface area contributed by atoms with Crippen LogP contribution in [0.2, 0.25) is 0 Å². The van der Waals surface area contributed by atoms with Gasteiger partial charge in [0.1, 0.15) is 0 Å². The number of carboxylic acids is 1. The third-order valence-corrected chi connectivity index (χ3v) is 3.17. The zero-order valence-corrected chi connectivity index (χ0v) is 10.8. The molecule has 3 nitrogen and oxygen atoms in total. The van der Waals surface area contributed by atoms with Crippen molar-refractivity contribution in [2.24, 2.45) is 0 Å². The maximum Gasteiger partial charge on any atom is 0.335 e. The van der Waals surface area contributed by atoms with Crippen molar-refractivity contribution in [3.63, 3.8) is 0 Å². The molecule has 0 heterocycles. The number of carbonyl (C=O) groups excluding carboxylic acids is 1. The van der Waals surface area contributed by atoms with Gasteiger partial charge < -0.3 is 5.11 Å². The normalized spacial score (nSPS) is 10.2. The molecule has 0 unspecified atom stereocenters. The van der Waals surface area contributed by atoms with Crippen molar-refractivity contribution in [2.45, 2.75) is 13.8 Å². The lowest BCUT2D eigenvalue weighted by atomic mass is 9.95. The maximum atomic E-state index is 11.2. The summed E-state index contributed by atoms with van der Waals surface area (Å²) in [6.07, 6.45) is 0. The van der Waals surface area contributed by atoms with E-state index in [1.807, 2.05) is 18.2 Å². The van der Waals surface area contributed by atoms with Gasteiger partial charge in [-0.05, 0) is 36.6 Å². The highest BCUT2D eigenvalue weighted by Crippen LogP contribution is 2.26. The Morgan fingerprint density at radius 2 is 1.63 bits per heavy atom. The van der Waals surface area contributed by atoms with E-state index >= 15 is 0 Å². The van der Waals surface area contributed by atoms with E-state index in [1.54, 1.807) is 31.2 Å². The van der Waals surface area contributed by atoms with Crippen LogP contribution in [-0.2, 0) is 0 Å². The minimum atomic E-state index is -0.931. The van der Waals surface area contributed by atoms with E-state index in [1.165, 1.54) is 6.92 Å². The number of ketones is 1. The molecule has 0 aromatic heterocycles. The van der Waals surface area contributed by atoms with Crippen LogP contribution in [0.5, 0.6) is 0 Å². The number of carboxylic acid groups (broad SMARTS) is 1. The van der Waals surface area contributed by atoms with Crippen LogP contribution in [0.1, 0.15) is 33.2 Å². The van der Waals surface area contributed by atoms with E-state index in [0.29, 0.717) is 11.1 Å². The van der Waals surface area contributed by atoms with Gasteiger partial charge >= 0.3 is 5.97 Å². The highest BCUT2D eigenvalue weighted by atomic mass is 16.4. The topological polar surface area (TPSA) is 54.4 Å². The first-order chi connectivity index (χ1) is 9.00. The number of carbonyl (C=O) groups is 2. The number of Topliss-reactive ketones (excluding diaryl/α,β-unsaturated/α-hetero) is 1. The fourth-order valence-corrected chi connectivity index (χ4v) is 2.06. The monoisotopic (exact) mass is 254 g/mol. The zero-order valence-electron chi connectivity index (χ0n) is 10.8. The van der Waals surface area contributed by atoms with Gasteiger partial charge in [-0.3, -0.25) is 4.79 Å². The summed E-state index contributed by atoms with van der Waals surface area (Å²) in [4.78, 5) is 22.3. The van der Waals surface area contributed by atoms with Gasteiger partial charge in [0.15, 0.2) is 5.78 Å². The number of aromatic carboxylic acids is 1. The molecule has 0 atom stereocenters. The fourth-order valence-electron chi connectivity index (χ4n) is 2.06. The van der Waals surface area contributed by atoms with Crippen molar-refractivity contribution in [3.05, 3.63) is 59.2 Å². The summed E-state index contributed by atoms with van der Waals surface area (Å²) in [5, 5.41) is 9.11. The molecule has 0 aliphatic rings. The lowest BCUT2D eigenvalue weighted by Crippen LogP contribution is -2.00. The average molecular weight is 254 g/mol. The predicted molar refractivity (Wildman–Crippen MR) is 73.6 cm³/mol. The molecule has 0 aliphatic carbocycles. The molecule has 0 radical (unpaired) electrons. The Kier molecular flexibility index (Phi) is 3.47. The second kappa shape index (κ2) is 5.06. The number of rotatable bonds is 3. The van der Waals surface area contributed by atoms with Gasteiger partial charge in [-0.25, -0.2) is 4.79 Å². The van der Waals surface area contributed by atoms with Crippen molar-refractivity contribution in [1.82, 2.24) is 0 Å². The maximum absolute atomic E-state index is 11.2. The quantitative estimate of drug-likeness (QED) is 0.852. The van der Waals surface area contributed by atoms with Crippen molar-refractivity contribution in [2.75, 3.05) is 0 Å². The van der Waals surface area contributed by atoms with Crippen molar-refractivity contribution in [1.29, 1.82) is 0 Å². The Labute approximate surface area is 111 Å². The molecular formula is C16H14O3. The van der Waals surface area contributed by atoms with E-state index in [4.69, 9.17) is 5.11 Å². The summed E-state index contributed by atoms with van der Waals surface area (Å²) in [5.74, 6) is -0.915. The van der Waals surface area contributed by atoms with Crippen LogP contribution in [-0.4, -0.2) is 16.9 Å². The van der Waals surface area contributed by atoms with E-state index in [2.05, 4.69) is 0 Å². The largest absolute Gasteiger partial charge is 0.478 e. The molecule has 0 bridgehead atoms. The van der Waals surface area contributed by atoms with Crippen LogP contribution >= 0.6 is 0 Å². The predicted octanol–water partition coefficient (Wildman–Crippen LogP) is 3.56. The number of hydrogen-bond donors (Lipinski definition) is 1. The fraction of sp³-hybridized carbons (Fsp3) is 0.125. The minimum Gasteiger partial charge on any atom is -0.478 e. The van der Waals surface area contributed by atoms with E-state index in [9.17, 15) is 9.59 Å². The van der Waals surface area contributed by atoms with Gasteiger partial charge in [-0.2, -0.15) is 0 Å². The first kappa shape index (κ1) is 13.0. The molecular weight excluding hydrogens is 240 g/mol. The lowest BCUT2D eigenvalue weighted by Gasteiger charge is -2.09. The molecule has 2 aromatic carbocycles. The van der Waals surface area contributed by atoms with Crippen LogP contribution in [0, 0.1) is 6.92 Å². The van der Waals surface area contributed by atoms with Crippen molar-refractivity contribution >= 4 is 11.8 Å². The molecule has 0 saturated carbocycles. The smallest absolute Gasteiger partial charge is 0.335 e. The molecule has 19 heavy (non-hydrogen) atoms. The molecule has 0 aliphatic heterocycles. The molecule has 1 N–H and O–H groups in total. The Hall–Kier alpha value is -2.42. The van der Waals surface area contributed by atoms with Crippen molar-refractivity contribution < 1.29 is 14.7 Å². The SMILES string of the molecule is CC(=O)c1ccc(-c2cccc(C(=O)O)c2C)cc1. The molecule has 0 saturated heterocycles. The second-order valence-electron chi connectivity index (χ2n) is 4.42. The van der Waals surface area contributed by atoms with Gasteiger partial charge in [0, 0.05) is 5.56 Å². The lowest BCUT2D eigenvalue weighted by molar-refractivity contribution is 0.0696. The van der Waals surface area contributed by atoms with Crippen LogP contribution in [0.4, 0.5) is 0 Å². The molecule has 0 amide bonds. The Bertz CT molecular complexity index is 640. The number of benzene rings is 2. The highest BCUT2D eigenvalue weighted by molar-refractivity contribution is 5.95. The van der Waals surface area contributed by atoms with E-state index in [0.717, 1.165) is 16.7 Å². The molecule has 0 spiro atoms.